The van der Waals surface area contributed by atoms with Crippen LogP contribution in [0.4, 0.5) is 20.3 Å². The Balaban J connectivity index is 2.43. The molecule has 1 aromatic carbocycles. The maximum Gasteiger partial charge on any atom is 0.268 e. The highest BCUT2D eigenvalue weighted by Gasteiger charge is 2.25. The lowest BCUT2D eigenvalue weighted by Gasteiger charge is -2.09. The van der Waals surface area contributed by atoms with Gasteiger partial charge in [-0.1, -0.05) is 11.6 Å². The van der Waals surface area contributed by atoms with Gasteiger partial charge < -0.3 is 5.73 Å². The summed E-state index contributed by atoms with van der Waals surface area (Å²) in [4.78, 5) is -1.15. The predicted octanol–water partition coefficient (Wildman–Crippen LogP) is 1.79. The average molecular weight is 321 g/mol. The van der Waals surface area contributed by atoms with Gasteiger partial charge in [0.25, 0.3) is 10.0 Å². The SMILES string of the molecule is Nc1cc(F)c(S(=O)(=O)Nc2ccc(Cl)nn2)c(F)c1. The van der Waals surface area contributed by atoms with Gasteiger partial charge in [0.15, 0.2) is 15.9 Å². The van der Waals surface area contributed by atoms with Crippen LogP contribution in [0.5, 0.6) is 0 Å². The number of sulfonamides is 1. The molecule has 0 aliphatic heterocycles. The zero-order valence-electron chi connectivity index (χ0n) is 9.64. The summed E-state index contributed by atoms with van der Waals surface area (Å²) in [6.45, 7) is 0. The van der Waals surface area contributed by atoms with Crippen LogP contribution < -0.4 is 10.5 Å². The fraction of sp³-hybridized carbons (Fsp3) is 0. The van der Waals surface area contributed by atoms with Crippen molar-refractivity contribution >= 4 is 33.1 Å². The normalized spacial score (nSPS) is 11.3. The van der Waals surface area contributed by atoms with Crippen molar-refractivity contribution in [3.05, 3.63) is 41.1 Å². The van der Waals surface area contributed by atoms with E-state index >= 15 is 0 Å². The van der Waals surface area contributed by atoms with E-state index in [1.807, 2.05) is 4.72 Å². The largest absolute Gasteiger partial charge is 0.399 e. The van der Waals surface area contributed by atoms with Crippen molar-refractivity contribution in [2.24, 2.45) is 0 Å². The molecule has 1 aromatic heterocycles. The van der Waals surface area contributed by atoms with Crippen LogP contribution in [0.2, 0.25) is 5.15 Å². The Hall–Kier alpha value is -2.00. The molecule has 1 heterocycles. The number of nitrogens with one attached hydrogen (secondary N) is 1. The van der Waals surface area contributed by atoms with E-state index in [2.05, 4.69) is 10.2 Å². The second-order valence-electron chi connectivity index (χ2n) is 3.66. The quantitative estimate of drug-likeness (QED) is 0.840. The van der Waals surface area contributed by atoms with Gasteiger partial charge in [0, 0.05) is 5.69 Å². The van der Waals surface area contributed by atoms with Crippen molar-refractivity contribution in [1.82, 2.24) is 10.2 Å². The highest BCUT2D eigenvalue weighted by atomic mass is 35.5. The van der Waals surface area contributed by atoms with Gasteiger partial charge in [-0.05, 0) is 24.3 Å². The van der Waals surface area contributed by atoms with Crippen LogP contribution in [0.25, 0.3) is 0 Å². The minimum absolute atomic E-state index is 0.0396. The number of rotatable bonds is 3. The standard InChI is InChI=1S/C10H7ClF2N4O2S/c11-8-1-2-9(16-15-8)17-20(18,19)10-6(12)3-5(14)4-7(10)13/h1-4H,14H2,(H,16,17). The Kier molecular flexibility index (Phi) is 3.73. The van der Waals surface area contributed by atoms with Gasteiger partial charge in [0.05, 0.1) is 0 Å². The van der Waals surface area contributed by atoms with Crippen LogP contribution >= 0.6 is 11.6 Å². The van der Waals surface area contributed by atoms with Gasteiger partial charge >= 0.3 is 0 Å². The van der Waals surface area contributed by atoms with Gasteiger partial charge in [-0.2, -0.15) is 0 Å². The summed E-state index contributed by atoms with van der Waals surface area (Å²) in [6.07, 6.45) is 0. The number of nitrogens with zero attached hydrogens (tertiary/aromatic N) is 2. The zero-order valence-corrected chi connectivity index (χ0v) is 11.2. The number of aromatic nitrogens is 2. The molecule has 2 aromatic rings. The molecule has 0 spiro atoms. The van der Waals surface area contributed by atoms with E-state index in [0.29, 0.717) is 12.1 Å². The molecule has 2 rings (SSSR count). The first kappa shape index (κ1) is 14.4. The number of nitrogens with two attached hydrogens (primary N) is 1. The third-order valence-electron chi connectivity index (χ3n) is 2.16. The molecule has 3 N–H and O–H groups in total. The highest BCUT2D eigenvalue weighted by Crippen LogP contribution is 2.23. The Bertz CT molecular complexity index is 729. The second kappa shape index (κ2) is 5.17. The van der Waals surface area contributed by atoms with E-state index in [9.17, 15) is 17.2 Å². The molecule has 10 heteroatoms. The molecule has 0 radical (unpaired) electrons. The van der Waals surface area contributed by atoms with Crippen LogP contribution in [0.1, 0.15) is 0 Å². The molecule has 0 bridgehead atoms. The summed E-state index contributed by atoms with van der Waals surface area (Å²) in [5, 5.41) is 6.86. The van der Waals surface area contributed by atoms with E-state index in [1.54, 1.807) is 0 Å². The van der Waals surface area contributed by atoms with Gasteiger partial charge in [-0.15, -0.1) is 10.2 Å². The topological polar surface area (TPSA) is 98.0 Å². The third-order valence-corrected chi connectivity index (χ3v) is 3.77. The summed E-state index contributed by atoms with van der Waals surface area (Å²) < 4.78 is 52.9. The maximum absolute atomic E-state index is 13.6. The Morgan fingerprint density at radius 1 is 1.15 bits per heavy atom. The molecule has 0 saturated carbocycles. The monoisotopic (exact) mass is 320 g/mol. The number of nitrogen functional groups attached to an aromatic ring is 1. The number of halogens is 3. The molecule has 0 atom stereocenters. The summed E-state index contributed by atoms with van der Waals surface area (Å²) in [5.74, 6) is -2.85. The van der Waals surface area contributed by atoms with E-state index in [1.165, 1.54) is 12.1 Å². The van der Waals surface area contributed by atoms with Gasteiger partial charge in [-0.3, -0.25) is 4.72 Å². The highest BCUT2D eigenvalue weighted by molar-refractivity contribution is 7.92. The van der Waals surface area contributed by atoms with E-state index < -0.39 is 26.6 Å². The van der Waals surface area contributed by atoms with Crippen LogP contribution in [-0.4, -0.2) is 18.6 Å². The second-order valence-corrected chi connectivity index (χ2v) is 5.67. The molecular weight excluding hydrogens is 314 g/mol. The number of hydrogen-bond donors (Lipinski definition) is 2. The Morgan fingerprint density at radius 2 is 1.75 bits per heavy atom. The Morgan fingerprint density at radius 3 is 2.25 bits per heavy atom. The zero-order chi connectivity index (χ0) is 14.9. The van der Waals surface area contributed by atoms with E-state index in [0.717, 1.165) is 0 Å². The lowest BCUT2D eigenvalue weighted by atomic mass is 10.3. The molecule has 0 aliphatic rings. The molecule has 0 aliphatic carbocycles. The third kappa shape index (κ3) is 2.94. The van der Waals surface area contributed by atoms with Crippen molar-refractivity contribution in [3.63, 3.8) is 0 Å². The molecular formula is C10H7ClF2N4O2S. The van der Waals surface area contributed by atoms with Crippen LogP contribution in [0.15, 0.2) is 29.2 Å². The molecule has 106 valence electrons. The average Bonchev–Trinajstić information content (AvgIpc) is 2.30. The van der Waals surface area contributed by atoms with Crippen LogP contribution in [0, 0.1) is 11.6 Å². The first-order chi connectivity index (χ1) is 9.29. The number of anilines is 2. The summed E-state index contributed by atoms with van der Waals surface area (Å²) >= 11 is 5.48. The van der Waals surface area contributed by atoms with Crippen LogP contribution in [-0.2, 0) is 10.0 Å². The maximum atomic E-state index is 13.6. The van der Waals surface area contributed by atoms with Crippen molar-refractivity contribution in [2.45, 2.75) is 4.90 Å². The van der Waals surface area contributed by atoms with Crippen molar-refractivity contribution in [3.8, 4) is 0 Å². The predicted molar refractivity (Wildman–Crippen MR) is 68.6 cm³/mol. The molecule has 0 unspecified atom stereocenters. The van der Waals surface area contributed by atoms with Crippen molar-refractivity contribution in [1.29, 1.82) is 0 Å². The Labute approximate surface area is 117 Å². The van der Waals surface area contributed by atoms with Crippen molar-refractivity contribution in [2.75, 3.05) is 10.5 Å². The molecule has 0 amide bonds. The fourth-order valence-electron chi connectivity index (χ4n) is 1.40. The fourth-order valence-corrected chi connectivity index (χ4v) is 2.61. The van der Waals surface area contributed by atoms with Crippen LogP contribution in [0.3, 0.4) is 0 Å². The molecule has 0 saturated heterocycles. The minimum Gasteiger partial charge on any atom is -0.399 e. The summed E-state index contributed by atoms with van der Waals surface area (Å²) in [6, 6.07) is 3.86. The first-order valence-corrected chi connectivity index (χ1v) is 6.92. The van der Waals surface area contributed by atoms with Gasteiger partial charge in [0.2, 0.25) is 0 Å². The smallest absolute Gasteiger partial charge is 0.268 e. The molecule has 6 nitrogen and oxygen atoms in total. The molecule has 0 fully saturated rings. The van der Waals surface area contributed by atoms with E-state index in [-0.39, 0.29) is 16.7 Å². The number of benzene rings is 1. The summed E-state index contributed by atoms with van der Waals surface area (Å²) in [5.41, 5.74) is 4.98. The first-order valence-electron chi connectivity index (χ1n) is 5.06. The molecule has 20 heavy (non-hydrogen) atoms. The van der Waals surface area contributed by atoms with Gasteiger partial charge in [-0.25, -0.2) is 17.2 Å². The van der Waals surface area contributed by atoms with Gasteiger partial charge in [0.1, 0.15) is 11.6 Å². The van der Waals surface area contributed by atoms with Crippen molar-refractivity contribution < 1.29 is 17.2 Å². The van der Waals surface area contributed by atoms with E-state index in [4.69, 9.17) is 17.3 Å². The summed E-state index contributed by atoms with van der Waals surface area (Å²) in [7, 11) is -4.51. The lowest BCUT2D eigenvalue weighted by molar-refractivity contribution is 0.522. The number of hydrogen-bond acceptors (Lipinski definition) is 5. The minimum atomic E-state index is -4.51. The lowest BCUT2D eigenvalue weighted by Crippen LogP contribution is -2.17.